The Morgan fingerprint density at radius 3 is 1.91 bits per heavy atom. The summed E-state index contributed by atoms with van der Waals surface area (Å²) in [6, 6.07) is 16.2. The van der Waals surface area contributed by atoms with Crippen molar-refractivity contribution in [3.63, 3.8) is 0 Å². The Morgan fingerprint density at radius 1 is 0.765 bits per heavy atom. The topological polar surface area (TPSA) is 87.7 Å². The van der Waals surface area contributed by atoms with Gasteiger partial charge in [0.25, 0.3) is 10.0 Å². The predicted octanol–water partition coefficient (Wildman–Crippen LogP) is 3.67. The highest BCUT2D eigenvalue weighted by Gasteiger charge is 2.46. The number of aryl methyl sites for hydroxylation is 3. The molecule has 0 fully saturated rings. The molecule has 2 aromatic carbocycles. The molecule has 7 nitrogen and oxygen atoms in total. The minimum absolute atomic E-state index is 0.00252. The van der Waals surface area contributed by atoms with Gasteiger partial charge in [-0.3, -0.25) is 9.29 Å². The summed E-state index contributed by atoms with van der Waals surface area (Å²) in [5.41, 5.74) is 4.48. The molecule has 3 aromatic rings. The van der Waals surface area contributed by atoms with E-state index in [1.54, 1.807) is 66.7 Å². The molecule has 0 amide bonds. The number of anilines is 1. The van der Waals surface area contributed by atoms with Crippen molar-refractivity contribution in [3.05, 3.63) is 89.3 Å². The van der Waals surface area contributed by atoms with E-state index >= 15 is 0 Å². The van der Waals surface area contributed by atoms with Crippen molar-refractivity contribution >= 4 is 31.3 Å². The molecule has 5 rings (SSSR count). The van der Waals surface area contributed by atoms with Crippen LogP contribution < -0.4 is 4.31 Å². The number of fused-ring (bicyclic) bond motifs is 3. The first-order valence-electron chi connectivity index (χ1n) is 10.9. The Morgan fingerprint density at radius 2 is 1.32 bits per heavy atom. The van der Waals surface area contributed by atoms with E-state index in [9.17, 15) is 16.8 Å². The first kappa shape index (κ1) is 22.8. The average Bonchev–Trinajstić information content (AvgIpc) is 3.13. The van der Waals surface area contributed by atoms with Gasteiger partial charge in [-0.15, -0.1) is 0 Å². The van der Waals surface area contributed by atoms with Crippen LogP contribution in [0.2, 0.25) is 0 Å². The molecule has 3 heterocycles. The van der Waals surface area contributed by atoms with Gasteiger partial charge in [-0.05, 0) is 57.2 Å². The number of hydrogen-bond acceptors (Lipinski definition) is 5. The molecule has 9 heteroatoms. The Bertz CT molecular complexity index is 1510. The number of benzene rings is 2. The molecule has 1 aromatic heterocycles. The van der Waals surface area contributed by atoms with Gasteiger partial charge in [0.1, 0.15) is 0 Å². The lowest BCUT2D eigenvalue weighted by Crippen LogP contribution is -2.48. The summed E-state index contributed by atoms with van der Waals surface area (Å²) < 4.78 is 57.1. The summed E-state index contributed by atoms with van der Waals surface area (Å²) >= 11 is 0. The fraction of sp³-hybridized carbons (Fsp3) is 0.240. The molecule has 0 saturated heterocycles. The third kappa shape index (κ3) is 3.64. The van der Waals surface area contributed by atoms with Crippen LogP contribution >= 0.6 is 0 Å². The molecule has 1 atom stereocenters. The summed E-state index contributed by atoms with van der Waals surface area (Å²) in [6.45, 7) is 5.79. The lowest BCUT2D eigenvalue weighted by molar-refractivity contribution is 0.424. The van der Waals surface area contributed by atoms with Crippen LogP contribution in [0.1, 0.15) is 22.5 Å². The summed E-state index contributed by atoms with van der Waals surface area (Å²) in [4.78, 5) is 4.97. The number of rotatable bonds is 4. The summed E-state index contributed by atoms with van der Waals surface area (Å²) in [5.74, 6) is 0. The number of sulfonamides is 2. The number of pyridine rings is 1. The van der Waals surface area contributed by atoms with Gasteiger partial charge >= 0.3 is 0 Å². The van der Waals surface area contributed by atoms with Crippen LogP contribution in [0.5, 0.6) is 0 Å². The predicted molar refractivity (Wildman–Crippen MR) is 132 cm³/mol. The minimum Gasteiger partial charge on any atom is -0.255 e. The van der Waals surface area contributed by atoms with Gasteiger partial charge in [0.05, 0.1) is 27.2 Å². The molecule has 2 aliphatic rings. The lowest BCUT2D eigenvalue weighted by atomic mass is 10.0. The van der Waals surface area contributed by atoms with Gasteiger partial charge in [0.2, 0.25) is 10.0 Å². The van der Waals surface area contributed by atoms with E-state index in [1.807, 2.05) is 20.8 Å². The molecule has 0 saturated carbocycles. The van der Waals surface area contributed by atoms with Crippen LogP contribution in [0.4, 0.5) is 5.69 Å². The number of aromatic nitrogens is 1. The maximum Gasteiger partial charge on any atom is 0.264 e. The average molecular weight is 496 g/mol. The smallest absolute Gasteiger partial charge is 0.255 e. The van der Waals surface area contributed by atoms with Crippen molar-refractivity contribution in [2.24, 2.45) is 0 Å². The van der Waals surface area contributed by atoms with Gasteiger partial charge in [-0.2, -0.15) is 4.31 Å². The second kappa shape index (κ2) is 8.04. The highest BCUT2D eigenvalue weighted by atomic mass is 32.2. The van der Waals surface area contributed by atoms with Crippen molar-refractivity contribution < 1.29 is 16.8 Å². The molecule has 0 aliphatic carbocycles. The zero-order chi connectivity index (χ0) is 24.3. The molecule has 0 unspecified atom stereocenters. The summed E-state index contributed by atoms with van der Waals surface area (Å²) in [6.07, 6.45) is 1.79. The van der Waals surface area contributed by atoms with Crippen LogP contribution in [0.3, 0.4) is 0 Å². The highest BCUT2D eigenvalue weighted by molar-refractivity contribution is 7.93. The van der Waals surface area contributed by atoms with Gasteiger partial charge in [0, 0.05) is 24.4 Å². The zero-order valence-corrected chi connectivity index (χ0v) is 20.8. The standard InChI is InChI=1S/C25H25N3O4S2/c1-17-4-9-20(10-5-17)33(29,30)27-15-14-22-24(16-27)28(23-13-8-19(3)26-25(22)23)34(31,32)21-11-6-18(2)7-12-21/h4-14,24H,15-16H2,1-3H3/t24-/m1/s1. The molecular weight excluding hydrogens is 470 g/mol. The van der Waals surface area contributed by atoms with E-state index in [0.29, 0.717) is 11.4 Å². The van der Waals surface area contributed by atoms with Crippen LogP contribution in [-0.4, -0.2) is 45.3 Å². The van der Waals surface area contributed by atoms with Gasteiger partial charge in [-0.25, -0.2) is 16.8 Å². The van der Waals surface area contributed by atoms with E-state index in [0.717, 1.165) is 22.4 Å². The summed E-state index contributed by atoms with van der Waals surface area (Å²) in [5, 5.41) is 0. The first-order valence-corrected chi connectivity index (χ1v) is 13.8. The van der Waals surface area contributed by atoms with Crippen molar-refractivity contribution in [1.82, 2.24) is 9.29 Å². The van der Waals surface area contributed by atoms with Crippen LogP contribution in [0, 0.1) is 20.8 Å². The molecule has 0 N–H and O–H groups in total. The highest BCUT2D eigenvalue weighted by Crippen LogP contribution is 2.44. The maximum atomic E-state index is 13.8. The molecule has 176 valence electrons. The van der Waals surface area contributed by atoms with Crippen LogP contribution in [-0.2, 0) is 20.0 Å². The monoisotopic (exact) mass is 495 g/mol. The molecule has 2 aliphatic heterocycles. The molecule has 0 radical (unpaired) electrons. The summed E-state index contributed by atoms with van der Waals surface area (Å²) in [7, 11) is -7.77. The Kier molecular flexibility index (Phi) is 5.38. The number of nitrogens with zero attached hydrogens (tertiary/aromatic N) is 3. The zero-order valence-electron chi connectivity index (χ0n) is 19.1. The second-order valence-electron chi connectivity index (χ2n) is 8.74. The Hall–Kier alpha value is -3.01. The number of hydrogen-bond donors (Lipinski definition) is 0. The van der Waals surface area contributed by atoms with E-state index in [-0.39, 0.29) is 22.9 Å². The van der Waals surface area contributed by atoms with E-state index in [2.05, 4.69) is 4.98 Å². The normalized spacial score (nSPS) is 18.4. The minimum atomic E-state index is -3.96. The largest absolute Gasteiger partial charge is 0.264 e. The van der Waals surface area contributed by atoms with E-state index in [4.69, 9.17) is 0 Å². The van der Waals surface area contributed by atoms with Gasteiger partial charge < -0.3 is 0 Å². The maximum absolute atomic E-state index is 13.8. The lowest BCUT2D eigenvalue weighted by Gasteiger charge is -2.34. The van der Waals surface area contributed by atoms with E-state index < -0.39 is 26.1 Å². The fourth-order valence-electron chi connectivity index (χ4n) is 4.44. The van der Waals surface area contributed by atoms with Crippen molar-refractivity contribution in [2.75, 3.05) is 17.4 Å². The molecular formula is C25H25N3O4S2. The van der Waals surface area contributed by atoms with Crippen molar-refractivity contribution in [3.8, 4) is 0 Å². The van der Waals surface area contributed by atoms with Crippen molar-refractivity contribution in [1.29, 1.82) is 0 Å². The van der Waals surface area contributed by atoms with E-state index in [1.165, 1.54) is 8.61 Å². The van der Waals surface area contributed by atoms with Gasteiger partial charge in [0.15, 0.2) is 0 Å². The van der Waals surface area contributed by atoms with Gasteiger partial charge in [-0.1, -0.05) is 41.5 Å². The second-order valence-corrected chi connectivity index (χ2v) is 12.5. The van der Waals surface area contributed by atoms with Crippen LogP contribution in [0.25, 0.3) is 5.57 Å². The SMILES string of the molecule is Cc1ccc(S(=O)(=O)N2CC=C3c4nc(C)ccc4N(S(=O)(=O)c4ccc(C)cc4)[C@@H]3C2)cc1. The fourth-order valence-corrected chi connectivity index (χ4v) is 7.46. The quantitative estimate of drug-likeness (QED) is 0.551. The third-order valence-corrected chi connectivity index (χ3v) is 9.98. The third-order valence-electron chi connectivity index (χ3n) is 6.29. The Labute approximate surface area is 200 Å². The van der Waals surface area contributed by atoms with Crippen LogP contribution in [0.15, 0.2) is 76.5 Å². The molecule has 0 spiro atoms. The molecule has 34 heavy (non-hydrogen) atoms. The first-order chi connectivity index (χ1) is 16.1. The molecule has 0 bridgehead atoms. The Balaban J connectivity index is 1.60. The van der Waals surface area contributed by atoms with Crippen molar-refractivity contribution in [2.45, 2.75) is 36.6 Å².